The third-order valence-corrected chi connectivity index (χ3v) is 4.77. The number of aromatic amines is 1. The summed E-state index contributed by atoms with van der Waals surface area (Å²) in [6.45, 7) is 1.94. The molecule has 3 N–H and O–H groups in total. The number of carboxylic acid groups (broad SMARTS) is 1. The summed E-state index contributed by atoms with van der Waals surface area (Å²) in [4.78, 5) is 27.1. The highest BCUT2D eigenvalue weighted by Crippen LogP contribution is 2.48. The Morgan fingerprint density at radius 1 is 1.16 bits per heavy atom. The predicted octanol–water partition coefficient (Wildman–Crippen LogP) is 3.92. The van der Waals surface area contributed by atoms with Crippen LogP contribution in [0, 0.1) is 12.8 Å². The third kappa shape index (κ3) is 2.78. The van der Waals surface area contributed by atoms with E-state index in [1.165, 1.54) is 0 Å². The lowest BCUT2D eigenvalue weighted by Crippen LogP contribution is -2.16. The van der Waals surface area contributed by atoms with Crippen molar-refractivity contribution in [2.75, 3.05) is 5.32 Å². The largest absolute Gasteiger partial charge is 0.477 e. The number of benzene rings is 2. The first-order valence-electron chi connectivity index (χ1n) is 8.26. The molecule has 2 atom stereocenters. The number of aryl methyl sites for hydroxylation is 1. The molecule has 1 aliphatic carbocycles. The number of anilines is 1. The van der Waals surface area contributed by atoms with Gasteiger partial charge in [-0.2, -0.15) is 0 Å². The zero-order valence-electron chi connectivity index (χ0n) is 13.7. The molecule has 1 aromatic heterocycles. The van der Waals surface area contributed by atoms with Crippen LogP contribution < -0.4 is 5.32 Å². The number of nitrogens with one attached hydrogen (secondary N) is 2. The van der Waals surface area contributed by atoms with Crippen LogP contribution in [0.15, 0.2) is 48.5 Å². The average molecular weight is 334 g/mol. The molecule has 0 bridgehead atoms. The van der Waals surface area contributed by atoms with Gasteiger partial charge in [0.2, 0.25) is 5.91 Å². The molecule has 0 aliphatic heterocycles. The average Bonchev–Trinajstić information content (AvgIpc) is 3.33. The second-order valence-electron chi connectivity index (χ2n) is 6.58. The Bertz CT molecular complexity index is 975. The second kappa shape index (κ2) is 5.77. The van der Waals surface area contributed by atoms with Gasteiger partial charge in [0.05, 0.1) is 5.69 Å². The number of carbonyl (C=O) groups is 2. The lowest BCUT2D eigenvalue weighted by Gasteiger charge is -2.06. The lowest BCUT2D eigenvalue weighted by molar-refractivity contribution is -0.117. The van der Waals surface area contributed by atoms with Crippen molar-refractivity contribution in [3.8, 4) is 0 Å². The fourth-order valence-electron chi connectivity index (χ4n) is 3.37. The number of rotatable bonds is 4. The molecule has 1 amide bonds. The van der Waals surface area contributed by atoms with E-state index in [4.69, 9.17) is 0 Å². The maximum Gasteiger partial charge on any atom is 0.354 e. The molecule has 0 spiro atoms. The number of aromatic nitrogens is 1. The number of H-pyrrole nitrogens is 1. The Hall–Kier alpha value is -3.08. The van der Waals surface area contributed by atoms with Gasteiger partial charge in [0, 0.05) is 16.8 Å². The Labute approximate surface area is 144 Å². The van der Waals surface area contributed by atoms with Crippen molar-refractivity contribution in [2.45, 2.75) is 19.3 Å². The van der Waals surface area contributed by atoms with Crippen molar-refractivity contribution in [3.05, 3.63) is 65.4 Å². The minimum atomic E-state index is -1.08. The molecule has 1 aliphatic rings. The van der Waals surface area contributed by atoms with Gasteiger partial charge in [0.1, 0.15) is 5.69 Å². The number of hydrogen-bond acceptors (Lipinski definition) is 2. The lowest BCUT2D eigenvalue weighted by atomic mass is 10.1. The molecule has 5 heteroatoms. The molecule has 5 nitrogen and oxygen atoms in total. The minimum Gasteiger partial charge on any atom is -0.477 e. The van der Waals surface area contributed by atoms with E-state index < -0.39 is 5.97 Å². The summed E-state index contributed by atoms with van der Waals surface area (Å²) in [6, 6.07) is 15.6. The summed E-state index contributed by atoms with van der Waals surface area (Å²) in [7, 11) is 0. The molecule has 0 saturated heterocycles. The molecular formula is C20H18N2O3. The van der Waals surface area contributed by atoms with Gasteiger partial charge in [0.15, 0.2) is 0 Å². The molecule has 1 heterocycles. The number of hydrogen-bond donors (Lipinski definition) is 3. The van der Waals surface area contributed by atoms with Crippen LogP contribution in [0.1, 0.15) is 34.0 Å². The van der Waals surface area contributed by atoms with Crippen molar-refractivity contribution in [1.29, 1.82) is 0 Å². The molecule has 25 heavy (non-hydrogen) atoms. The number of carbonyl (C=O) groups excluding carboxylic acids is 1. The summed E-state index contributed by atoms with van der Waals surface area (Å²) < 4.78 is 0. The van der Waals surface area contributed by atoms with E-state index in [0.29, 0.717) is 11.2 Å². The van der Waals surface area contributed by atoms with E-state index in [1.807, 2.05) is 55.5 Å². The fraction of sp³-hybridized carbons (Fsp3) is 0.200. The van der Waals surface area contributed by atoms with Crippen molar-refractivity contribution >= 4 is 28.5 Å². The van der Waals surface area contributed by atoms with Crippen LogP contribution in [0.2, 0.25) is 0 Å². The van der Waals surface area contributed by atoms with Gasteiger partial charge >= 0.3 is 5.97 Å². The van der Waals surface area contributed by atoms with Crippen LogP contribution in [-0.4, -0.2) is 22.0 Å². The molecule has 2 unspecified atom stereocenters. The zero-order valence-corrected chi connectivity index (χ0v) is 13.7. The number of carboxylic acids is 1. The minimum absolute atomic E-state index is 0.0193. The molecule has 1 fully saturated rings. The maximum atomic E-state index is 12.6. The zero-order chi connectivity index (χ0) is 17.6. The van der Waals surface area contributed by atoms with Crippen molar-refractivity contribution in [2.24, 2.45) is 5.92 Å². The summed E-state index contributed by atoms with van der Waals surface area (Å²) in [5, 5.41) is 13.0. The van der Waals surface area contributed by atoms with Crippen molar-refractivity contribution in [3.63, 3.8) is 0 Å². The van der Waals surface area contributed by atoms with Crippen LogP contribution in [0.4, 0.5) is 5.69 Å². The maximum absolute atomic E-state index is 12.6. The Morgan fingerprint density at radius 3 is 2.64 bits per heavy atom. The van der Waals surface area contributed by atoms with Crippen LogP contribution >= 0.6 is 0 Å². The Kier molecular flexibility index (Phi) is 3.57. The van der Waals surface area contributed by atoms with Crippen molar-refractivity contribution < 1.29 is 14.7 Å². The summed E-state index contributed by atoms with van der Waals surface area (Å²) in [5.41, 5.74) is 3.23. The van der Waals surface area contributed by atoms with Crippen LogP contribution in [0.3, 0.4) is 0 Å². The fourth-order valence-corrected chi connectivity index (χ4v) is 3.37. The van der Waals surface area contributed by atoms with E-state index in [0.717, 1.165) is 22.9 Å². The standard InChI is InChI=1S/C20H18N2O3/c1-11-7-8-16-15(9-11)17(18(21-16)20(24)25)22-19(23)14-10-13(14)12-5-3-2-4-6-12/h2-9,13-14,21H,10H2,1H3,(H,22,23)(H,24,25). The van der Waals surface area contributed by atoms with E-state index in [2.05, 4.69) is 10.3 Å². The molecule has 2 aromatic carbocycles. The highest BCUT2D eigenvalue weighted by molar-refractivity contribution is 6.11. The molecular weight excluding hydrogens is 316 g/mol. The highest BCUT2D eigenvalue weighted by Gasteiger charge is 2.44. The summed E-state index contributed by atoms with van der Waals surface area (Å²) in [6.07, 6.45) is 0.791. The van der Waals surface area contributed by atoms with Gasteiger partial charge < -0.3 is 15.4 Å². The SMILES string of the molecule is Cc1ccc2[nH]c(C(=O)O)c(NC(=O)C3CC3c3ccccc3)c2c1. The molecule has 1 saturated carbocycles. The van der Waals surface area contributed by atoms with E-state index in [9.17, 15) is 14.7 Å². The topological polar surface area (TPSA) is 82.2 Å². The monoisotopic (exact) mass is 334 g/mol. The summed E-state index contributed by atoms with van der Waals surface area (Å²) in [5.74, 6) is -1.11. The number of fused-ring (bicyclic) bond motifs is 1. The van der Waals surface area contributed by atoms with Gasteiger partial charge in [0.25, 0.3) is 0 Å². The predicted molar refractivity (Wildman–Crippen MR) is 95.9 cm³/mol. The molecule has 0 radical (unpaired) electrons. The first-order valence-corrected chi connectivity index (χ1v) is 8.26. The van der Waals surface area contributed by atoms with Gasteiger partial charge in [-0.25, -0.2) is 4.79 Å². The van der Waals surface area contributed by atoms with E-state index >= 15 is 0 Å². The normalized spacial score (nSPS) is 18.9. The quantitative estimate of drug-likeness (QED) is 0.676. The second-order valence-corrected chi connectivity index (χ2v) is 6.58. The smallest absolute Gasteiger partial charge is 0.354 e. The number of amides is 1. The van der Waals surface area contributed by atoms with Crippen LogP contribution in [-0.2, 0) is 4.79 Å². The van der Waals surface area contributed by atoms with Gasteiger partial charge in [-0.3, -0.25) is 4.79 Å². The van der Waals surface area contributed by atoms with Crippen LogP contribution in [0.25, 0.3) is 10.9 Å². The highest BCUT2D eigenvalue weighted by atomic mass is 16.4. The van der Waals surface area contributed by atoms with E-state index in [1.54, 1.807) is 0 Å². The Balaban J connectivity index is 1.62. The Morgan fingerprint density at radius 2 is 1.92 bits per heavy atom. The first-order chi connectivity index (χ1) is 12.0. The van der Waals surface area contributed by atoms with Gasteiger partial charge in [-0.1, -0.05) is 42.0 Å². The molecule has 126 valence electrons. The third-order valence-electron chi connectivity index (χ3n) is 4.77. The van der Waals surface area contributed by atoms with E-state index in [-0.39, 0.29) is 23.4 Å². The van der Waals surface area contributed by atoms with Crippen LogP contribution in [0.5, 0.6) is 0 Å². The summed E-state index contributed by atoms with van der Waals surface area (Å²) >= 11 is 0. The first kappa shape index (κ1) is 15.4. The van der Waals surface area contributed by atoms with Gasteiger partial charge in [-0.15, -0.1) is 0 Å². The van der Waals surface area contributed by atoms with Gasteiger partial charge in [-0.05, 0) is 37.0 Å². The molecule has 3 aromatic rings. The van der Waals surface area contributed by atoms with Crippen molar-refractivity contribution in [1.82, 2.24) is 4.98 Å². The number of aromatic carboxylic acids is 1. The molecule has 4 rings (SSSR count).